The Bertz CT molecular complexity index is 404. The molecule has 1 unspecified atom stereocenters. The van der Waals surface area contributed by atoms with Crippen LogP contribution in [0.15, 0.2) is 0 Å². The Morgan fingerprint density at radius 1 is 1.40 bits per heavy atom. The first kappa shape index (κ1) is 15.7. The predicted molar refractivity (Wildman–Crippen MR) is 86.8 cm³/mol. The van der Waals surface area contributed by atoms with Crippen LogP contribution < -0.4 is 10.2 Å². The molecule has 0 aliphatic carbocycles. The lowest BCUT2D eigenvalue weighted by Crippen LogP contribution is -2.38. The van der Waals surface area contributed by atoms with Crippen molar-refractivity contribution in [3.8, 4) is 0 Å². The van der Waals surface area contributed by atoms with E-state index in [2.05, 4.69) is 42.3 Å². The average molecular weight is 296 g/mol. The van der Waals surface area contributed by atoms with Crippen molar-refractivity contribution in [2.45, 2.75) is 64.8 Å². The molecule has 2 heterocycles. The van der Waals surface area contributed by atoms with Gasteiger partial charge in [-0.3, -0.25) is 0 Å². The predicted octanol–water partition coefficient (Wildman–Crippen LogP) is 3.19. The van der Waals surface area contributed by atoms with Gasteiger partial charge in [0.25, 0.3) is 0 Å². The standard InChI is InChI=1S/C15H28N4S/c1-5-6-10-19(11-12-8-7-9-16-12)14-17-13(18-20-14)15(2,3)4/h12,16H,5-11H2,1-4H3. The van der Waals surface area contributed by atoms with Crippen molar-refractivity contribution < 1.29 is 0 Å². The van der Waals surface area contributed by atoms with E-state index in [0.29, 0.717) is 6.04 Å². The lowest BCUT2D eigenvalue weighted by Gasteiger charge is -2.25. The third-order valence-electron chi connectivity index (χ3n) is 3.74. The molecule has 1 atom stereocenters. The lowest BCUT2D eigenvalue weighted by molar-refractivity contribution is 0.548. The van der Waals surface area contributed by atoms with Gasteiger partial charge in [-0.05, 0) is 25.8 Å². The summed E-state index contributed by atoms with van der Waals surface area (Å²) in [5.41, 5.74) is 0.0385. The fraction of sp³-hybridized carbons (Fsp3) is 0.867. The molecule has 114 valence electrons. The number of aromatic nitrogens is 2. The molecule has 20 heavy (non-hydrogen) atoms. The first-order valence-corrected chi connectivity index (χ1v) is 8.60. The van der Waals surface area contributed by atoms with Crippen molar-refractivity contribution in [3.05, 3.63) is 5.82 Å². The maximum Gasteiger partial charge on any atom is 0.205 e. The highest BCUT2D eigenvalue weighted by Crippen LogP contribution is 2.26. The Kier molecular flexibility index (Phi) is 5.38. The number of rotatable bonds is 6. The zero-order chi connectivity index (χ0) is 14.6. The summed E-state index contributed by atoms with van der Waals surface area (Å²) < 4.78 is 4.56. The first-order chi connectivity index (χ1) is 9.50. The number of hydrogen-bond donors (Lipinski definition) is 1. The second-order valence-electron chi connectivity index (χ2n) is 6.74. The third-order valence-corrected chi connectivity index (χ3v) is 4.52. The van der Waals surface area contributed by atoms with E-state index in [0.717, 1.165) is 30.6 Å². The van der Waals surface area contributed by atoms with Gasteiger partial charge in [-0.1, -0.05) is 34.1 Å². The summed E-state index contributed by atoms with van der Waals surface area (Å²) in [6.45, 7) is 12.1. The summed E-state index contributed by atoms with van der Waals surface area (Å²) in [6, 6.07) is 0.619. The molecule has 1 aliphatic heterocycles. The van der Waals surface area contributed by atoms with Gasteiger partial charge in [0.05, 0.1) is 0 Å². The molecule has 1 aromatic rings. The molecule has 4 nitrogen and oxygen atoms in total. The van der Waals surface area contributed by atoms with Crippen LogP contribution in [-0.2, 0) is 5.41 Å². The highest BCUT2D eigenvalue weighted by molar-refractivity contribution is 7.09. The van der Waals surface area contributed by atoms with E-state index >= 15 is 0 Å². The minimum absolute atomic E-state index is 0.0385. The Balaban J connectivity index is 2.06. The number of hydrogen-bond acceptors (Lipinski definition) is 5. The second-order valence-corrected chi connectivity index (χ2v) is 7.47. The van der Waals surface area contributed by atoms with E-state index in [1.807, 2.05) is 0 Å². The van der Waals surface area contributed by atoms with Crippen LogP contribution in [0, 0.1) is 0 Å². The van der Waals surface area contributed by atoms with Gasteiger partial charge in [-0.15, -0.1) is 0 Å². The summed E-state index contributed by atoms with van der Waals surface area (Å²) in [6.07, 6.45) is 5.03. The Hall–Kier alpha value is -0.680. The van der Waals surface area contributed by atoms with Crippen molar-refractivity contribution in [1.82, 2.24) is 14.7 Å². The van der Waals surface area contributed by atoms with Gasteiger partial charge in [-0.2, -0.15) is 4.37 Å². The van der Waals surface area contributed by atoms with Gasteiger partial charge in [0.15, 0.2) is 0 Å². The van der Waals surface area contributed by atoms with Gasteiger partial charge in [-0.25, -0.2) is 4.98 Å². The van der Waals surface area contributed by atoms with E-state index in [-0.39, 0.29) is 5.41 Å². The van der Waals surface area contributed by atoms with Crippen molar-refractivity contribution in [1.29, 1.82) is 0 Å². The molecule has 0 aromatic carbocycles. The van der Waals surface area contributed by atoms with Gasteiger partial charge < -0.3 is 10.2 Å². The number of nitrogens with zero attached hydrogens (tertiary/aromatic N) is 3. The smallest absolute Gasteiger partial charge is 0.205 e. The van der Waals surface area contributed by atoms with Gasteiger partial charge in [0.2, 0.25) is 5.13 Å². The molecule has 1 aromatic heterocycles. The Labute approximate surface area is 127 Å². The summed E-state index contributed by atoms with van der Waals surface area (Å²) >= 11 is 1.56. The van der Waals surface area contributed by atoms with Crippen LogP contribution in [0.2, 0.25) is 0 Å². The van der Waals surface area contributed by atoms with E-state index in [1.54, 1.807) is 11.5 Å². The van der Waals surface area contributed by atoms with Gasteiger partial charge in [0.1, 0.15) is 5.82 Å². The summed E-state index contributed by atoms with van der Waals surface area (Å²) in [7, 11) is 0. The molecule has 5 heteroatoms. The molecule has 0 radical (unpaired) electrons. The second kappa shape index (κ2) is 6.85. The summed E-state index contributed by atoms with van der Waals surface area (Å²) in [5.74, 6) is 0.971. The quantitative estimate of drug-likeness (QED) is 0.875. The maximum absolute atomic E-state index is 4.78. The van der Waals surface area contributed by atoms with E-state index in [1.165, 1.54) is 25.7 Å². The van der Waals surface area contributed by atoms with E-state index in [4.69, 9.17) is 4.98 Å². The molecule has 1 fully saturated rings. The van der Waals surface area contributed by atoms with Crippen LogP contribution in [-0.4, -0.2) is 35.0 Å². The summed E-state index contributed by atoms with van der Waals surface area (Å²) in [5, 5.41) is 4.68. The third kappa shape index (κ3) is 4.16. The largest absolute Gasteiger partial charge is 0.345 e. The maximum atomic E-state index is 4.78. The molecule has 1 aliphatic rings. The van der Waals surface area contributed by atoms with Gasteiger partial charge in [0, 0.05) is 36.1 Å². The van der Waals surface area contributed by atoms with Crippen LogP contribution in [0.3, 0.4) is 0 Å². The summed E-state index contributed by atoms with van der Waals surface area (Å²) in [4.78, 5) is 7.21. The topological polar surface area (TPSA) is 41.0 Å². The highest BCUT2D eigenvalue weighted by Gasteiger charge is 2.24. The molecule has 0 bridgehead atoms. The zero-order valence-electron chi connectivity index (χ0n) is 13.3. The minimum atomic E-state index is 0.0385. The number of nitrogens with one attached hydrogen (secondary N) is 1. The number of anilines is 1. The molecule has 0 saturated carbocycles. The molecule has 0 spiro atoms. The average Bonchev–Trinajstić information content (AvgIpc) is 3.04. The Morgan fingerprint density at radius 2 is 2.20 bits per heavy atom. The van der Waals surface area contributed by atoms with E-state index in [9.17, 15) is 0 Å². The Morgan fingerprint density at radius 3 is 2.75 bits per heavy atom. The van der Waals surface area contributed by atoms with Crippen LogP contribution in [0.25, 0.3) is 0 Å². The van der Waals surface area contributed by atoms with E-state index < -0.39 is 0 Å². The molecule has 1 saturated heterocycles. The van der Waals surface area contributed by atoms with Crippen LogP contribution in [0.4, 0.5) is 5.13 Å². The van der Waals surface area contributed by atoms with Crippen molar-refractivity contribution in [2.24, 2.45) is 0 Å². The zero-order valence-corrected chi connectivity index (χ0v) is 14.1. The minimum Gasteiger partial charge on any atom is -0.345 e. The monoisotopic (exact) mass is 296 g/mol. The SMILES string of the molecule is CCCCN(CC1CCCN1)c1nc(C(C)(C)C)ns1. The highest BCUT2D eigenvalue weighted by atomic mass is 32.1. The van der Waals surface area contributed by atoms with Crippen LogP contribution in [0.5, 0.6) is 0 Å². The fourth-order valence-electron chi connectivity index (χ4n) is 2.44. The fourth-order valence-corrected chi connectivity index (χ4v) is 3.33. The van der Waals surface area contributed by atoms with Crippen molar-refractivity contribution in [2.75, 3.05) is 24.5 Å². The van der Waals surface area contributed by atoms with Crippen LogP contribution >= 0.6 is 11.5 Å². The van der Waals surface area contributed by atoms with Crippen molar-refractivity contribution in [3.63, 3.8) is 0 Å². The molecule has 0 amide bonds. The molecule has 2 rings (SSSR count). The normalized spacial score (nSPS) is 19.5. The number of unbranched alkanes of at least 4 members (excludes halogenated alkanes) is 1. The van der Waals surface area contributed by atoms with Crippen LogP contribution in [0.1, 0.15) is 59.2 Å². The molecular weight excluding hydrogens is 268 g/mol. The van der Waals surface area contributed by atoms with Crippen molar-refractivity contribution >= 4 is 16.7 Å². The molecular formula is C15H28N4S. The first-order valence-electron chi connectivity index (χ1n) is 7.83. The lowest BCUT2D eigenvalue weighted by atomic mass is 9.96. The van der Waals surface area contributed by atoms with Gasteiger partial charge >= 0.3 is 0 Å². The molecule has 1 N–H and O–H groups in total.